The quantitative estimate of drug-likeness (QED) is 0.911. The molecule has 2 rings (SSSR count). The fourth-order valence-electron chi connectivity index (χ4n) is 1.49. The molecule has 84 valence electrons. The summed E-state index contributed by atoms with van der Waals surface area (Å²) in [7, 11) is 0. The molecule has 0 bridgehead atoms. The van der Waals surface area contributed by atoms with E-state index in [2.05, 4.69) is 4.98 Å². The average molecular weight is 254 g/mol. The minimum absolute atomic E-state index is 0.0168. The predicted octanol–water partition coefficient (Wildman–Crippen LogP) is 3.19. The van der Waals surface area contributed by atoms with Crippen molar-refractivity contribution in [1.82, 2.24) is 4.98 Å². The smallest absolute Gasteiger partial charge is 0.0975 e. The third-order valence-corrected chi connectivity index (χ3v) is 3.62. The Morgan fingerprint density at radius 3 is 2.56 bits per heavy atom. The van der Waals surface area contributed by atoms with Crippen molar-refractivity contribution in [1.29, 1.82) is 0 Å². The molecule has 0 aliphatic heterocycles. The Morgan fingerprint density at radius 1 is 1.31 bits per heavy atom. The van der Waals surface area contributed by atoms with Gasteiger partial charge in [0.1, 0.15) is 0 Å². The first-order valence-corrected chi connectivity index (χ1v) is 6.19. The summed E-state index contributed by atoms with van der Waals surface area (Å²) in [5.74, 6) is 0. The SMILES string of the molecule is Cc1sc(Cc2ccc(Cl)cc2)nc1CO. The molecule has 0 atom stereocenters. The van der Waals surface area contributed by atoms with E-state index in [1.54, 1.807) is 11.3 Å². The van der Waals surface area contributed by atoms with Crippen molar-refractivity contribution in [3.63, 3.8) is 0 Å². The molecule has 0 aliphatic rings. The Kier molecular flexibility index (Phi) is 3.59. The molecule has 1 aromatic heterocycles. The van der Waals surface area contributed by atoms with Crippen molar-refractivity contribution in [3.05, 3.63) is 50.4 Å². The van der Waals surface area contributed by atoms with E-state index in [9.17, 15) is 0 Å². The first-order chi connectivity index (χ1) is 7.69. The van der Waals surface area contributed by atoms with Gasteiger partial charge in [0, 0.05) is 16.3 Å². The molecule has 0 amide bonds. The zero-order valence-corrected chi connectivity index (χ0v) is 10.5. The van der Waals surface area contributed by atoms with Crippen molar-refractivity contribution in [2.45, 2.75) is 20.0 Å². The number of rotatable bonds is 3. The molecule has 0 saturated carbocycles. The van der Waals surface area contributed by atoms with Gasteiger partial charge in [0.2, 0.25) is 0 Å². The van der Waals surface area contributed by atoms with E-state index < -0.39 is 0 Å². The van der Waals surface area contributed by atoms with Crippen LogP contribution < -0.4 is 0 Å². The van der Waals surface area contributed by atoms with E-state index in [0.717, 1.165) is 27.0 Å². The predicted molar refractivity (Wildman–Crippen MR) is 67.0 cm³/mol. The maximum atomic E-state index is 9.06. The van der Waals surface area contributed by atoms with Gasteiger partial charge in [-0.1, -0.05) is 23.7 Å². The first-order valence-electron chi connectivity index (χ1n) is 4.99. The van der Waals surface area contributed by atoms with E-state index in [1.807, 2.05) is 31.2 Å². The number of aliphatic hydroxyl groups excluding tert-OH is 1. The minimum atomic E-state index is 0.0168. The number of aromatic nitrogens is 1. The summed E-state index contributed by atoms with van der Waals surface area (Å²) in [6, 6.07) is 7.75. The van der Waals surface area contributed by atoms with Gasteiger partial charge >= 0.3 is 0 Å². The van der Waals surface area contributed by atoms with Crippen LogP contribution >= 0.6 is 22.9 Å². The third-order valence-electron chi connectivity index (χ3n) is 2.36. The van der Waals surface area contributed by atoms with Crippen LogP contribution in [0.25, 0.3) is 0 Å². The lowest BCUT2D eigenvalue weighted by molar-refractivity contribution is 0.276. The standard InChI is InChI=1S/C12H12ClNOS/c1-8-11(7-15)14-12(16-8)6-9-2-4-10(13)5-3-9/h2-5,15H,6-7H2,1H3. The van der Waals surface area contributed by atoms with Crippen molar-refractivity contribution in [2.75, 3.05) is 0 Å². The van der Waals surface area contributed by atoms with Crippen LogP contribution in [0, 0.1) is 6.92 Å². The monoisotopic (exact) mass is 253 g/mol. The molecule has 4 heteroatoms. The highest BCUT2D eigenvalue weighted by atomic mass is 35.5. The van der Waals surface area contributed by atoms with E-state index in [0.29, 0.717) is 0 Å². The molecule has 0 saturated heterocycles. The fourth-order valence-corrected chi connectivity index (χ4v) is 2.59. The normalized spacial score (nSPS) is 10.7. The van der Waals surface area contributed by atoms with Crippen LogP contribution in [0.4, 0.5) is 0 Å². The second-order valence-electron chi connectivity index (χ2n) is 3.57. The third kappa shape index (κ3) is 2.61. The zero-order chi connectivity index (χ0) is 11.5. The average Bonchev–Trinajstić information content (AvgIpc) is 2.62. The number of nitrogens with zero attached hydrogens (tertiary/aromatic N) is 1. The van der Waals surface area contributed by atoms with Crippen LogP contribution in [0.15, 0.2) is 24.3 Å². The van der Waals surface area contributed by atoms with Gasteiger partial charge in [0.05, 0.1) is 17.3 Å². The van der Waals surface area contributed by atoms with Crippen LogP contribution in [0.1, 0.15) is 21.1 Å². The number of hydrogen-bond acceptors (Lipinski definition) is 3. The number of halogens is 1. The van der Waals surface area contributed by atoms with Gasteiger partial charge in [-0.2, -0.15) is 0 Å². The van der Waals surface area contributed by atoms with Gasteiger partial charge in [-0.3, -0.25) is 0 Å². The van der Waals surface area contributed by atoms with Crippen molar-refractivity contribution >= 4 is 22.9 Å². The summed E-state index contributed by atoms with van der Waals surface area (Å²) in [6.45, 7) is 2.00. The maximum absolute atomic E-state index is 9.06. The molecule has 0 unspecified atom stereocenters. The summed E-state index contributed by atoms with van der Waals surface area (Å²) in [4.78, 5) is 5.47. The number of aryl methyl sites for hydroxylation is 1. The summed E-state index contributed by atoms with van der Waals surface area (Å²) in [6.07, 6.45) is 0.794. The fraction of sp³-hybridized carbons (Fsp3) is 0.250. The maximum Gasteiger partial charge on any atom is 0.0975 e. The molecule has 1 heterocycles. The number of aliphatic hydroxyl groups is 1. The Labute approximate surface area is 104 Å². The molecule has 2 aromatic rings. The van der Waals surface area contributed by atoms with Crippen LogP contribution in [-0.4, -0.2) is 10.1 Å². The van der Waals surface area contributed by atoms with Crippen molar-refractivity contribution < 1.29 is 5.11 Å². The molecule has 1 aromatic carbocycles. The van der Waals surface area contributed by atoms with Crippen LogP contribution in [0.2, 0.25) is 5.02 Å². The lowest BCUT2D eigenvalue weighted by atomic mass is 10.2. The van der Waals surface area contributed by atoms with E-state index in [-0.39, 0.29) is 6.61 Å². The molecule has 1 N–H and O–H groups in total. The first kappa shape index (κ1) is 11.6. The molecular weight excluding hydrogens is 242 g/mol. The lowest BCUT2D eigenvalue weighted by Crippen LogP contribution is -1.89. The Bertz CT molecular complexity index is 478. The Balaban J connectivity index is 2.17. The largest absolute Gasteiger partial charge is 0.390 e. The zero-order valence-electron chi connectivity index (χ0n) is 8.90. The summed E-state index contributed by atoms with van der Waals surface area (Å²) >= 11 is 7.45. The van der Waals surface area contributed by atoms with Crippen LogP contribution in [0.5, 0.6) is 0 Å². The number of benzene rings is 1. The number of hydrogen-bond donors (Lipinski definition) is 1. The Hall–Kier alpha value is -0.900. The highest BCUT2D eigenvalue weighted by Gasteiger charge is 2.06. The van der Waals surface area contributed by atoms with Crippen LogP contribution in [-0.2, 0) is 13.0 Å². The summed E-state index contributed by atoms with van der Waals surface area (Å²) in [5, 5.41) is 10.8. The van der Waals surface area contributed by atoms with Gasteiger partial charge in [0.15, 0.2) is 0 Å². The highest BCUT2D eigenvalue weighted by molar-refractivity contribution is 7.11. The van der Waals surface area contributed by atoms with Crippen molar-refractivity contribution in [2.24, 2.45) is 0 Å². The molecule has 0 fully saturated rings. The van der Waals surface area contributed by atoms with Crippen molar-refractivity contribution in [3.8, 4) is 0 Å². The molecule has 2 nitrogen and oxygen atoms in total. The molecular formula is C12H12ClNOS. The molecule has 0 aliphatic carbocycles. The molecule has 0 radical (unpaired) electrons. The molecule has 0 spiro atoms. The summed E-state index contributed by atoms with van der Waals surface area (Å²) < 4.78 is 0. The number of thiazole rings is 1. The van der Waals surface area contributed by atoms with E-state index >= 15 is 0 Å². The van der Waals surface area contributed by atoms with Crippen LogP contribution in [0.3, 0.4) is 0 Å². The van der Waals surface area contributed by atoms with Gasteiger partial charge < -0.3 is 5.11 Å². The second kappa shape index (κ2) is 4.95. The van der Waals surface area contributed by atoms with Gasteiger partial charge in [-0.25, -0.2) is 4.98 Å². The van der Waals surface area contributed by atoms with Gasteiger partial charge in [-0.15, -0.1) is 11.3 Å². The van der Waals surface area contributed by atoms with Gasteiger partial charge in [0.25, 0.3) is 0 Å². The Morgan fingerprint density at radius 2 is 2.00 bits per heavy atom. The van der Waals surface area contributed by atoms with E-state index in [4.69, 9.17) is 16.7 Å². The topological polar surface area (TPSA) is 33.1 Å². The second-order valence-corrected chi connectivity index (χ2v) is 5.30. The highest BCUT2D eigenvalue weighted by Crippen LogP contribution is 2.21. The van der Waals surface area contributed by atoms with E-state index in [1.165, 1.54) is 5.56 Å². The van der Waals surface area contributed by atoms with Gasteiger partial charge in [-0.05, 0) is 24.6 Å². The summed E-state index contributed by atoms with van der Waals surface area (Å²) in [5.41, 5.74) is 1.97. The lowest BCUT2D eigenvalue weighted by Gasteiger charge is -1.97. The minimum Gasteiger partial charge on any atom is -0.390 e. The molecule has 16 heavy (non-hydrogen) atoms.